The van der Waals surface area contributed by atoms with Gasteiger partial charge in [0, 0.05) is 23.9 Å². The number of thiocarbonyl (C=S) groups is 1. The van der Waals surface area contributed by atoms with E-state index in [0.717, 1.165) is 0 Å². The zero-order valence-corrected chi connectivity index (χ0v) is 14.1. The van der Waals surface area contributed by atoms with Crippen LogP contribution in [0.2, 0.25) is 10.0 Å². The fourth-order valence-electron chi connectivity index (χ4n) is 1.73. The van der Waals surface area contributed by atoms with Crippen molar-refractivity contribution in [1.82, 2.24) is 0 Å². The van der Waals surface area contributed by atoms with Gasteiger partial charge < -0.3 is 15.4 Å². The Morgan fingerprint density at radius 3 is 2.39 bits per heavy atom. The van der Waals surface area contributed by atoms with Gasteiger partial charge in [-0.05, 0) is 30.4 Å². The second kappa shape index (κ2) is 7.45. The van der Waals surface area contributed by atoms with Crippen LogP contribution >= 0.6 is 35.4 Å². The summed E-state index contributed by atoms with van der Waals surface area (Å²) in [6.07, 6.45) is 0. The summed E-state index contributed by atoms with van der Waals surface area (Å²) in [6, 6.07) is 9.02. The second-order valence-electron chi connectivity index (χ2n) is 4.35. The number of ether oxygens (including phenoxy) is 1. The summed E-state index contributed by atoms with van der Waals surface area (Å²) in [5.41, 5.74) is 1.12. The number of hydrogen-bond donors (Lipinski definition) is 2. The molecule has 0 aliphatic rings. The quantitative estimate of drug-likeness (QED) is 0.460. The Morgan fingerprint density at radius 1 is 1.17 bits per heavy atom. The van der Waals surface area contributed by atoms with Crippen molar-refractivity contribution in [2.45, 2.75) is 0 Å². The van der Waals surface area contributed by atoms with E-state index in [4.69, 9.17) is 40.2 Å². The van der Waals surface area contributed by atoms with Gasteiger partial charge in [0.25, 0.3) is 5.69 Å². The van der Waals surface area contributed by atoms with E-state index in [1.807, 2.05) is 0 Å². The van der Waals surface area contributed by atoms with Gasteiger partial charge >= 0.3 is 0 Å². The molecule has 2 aromatic rings. The molecule has 0 aliphatic heterocycles. The first-order valence-corrected chi connectivity index (χ1v) is 7.42. The molecule has 0 bridgehead atoms. The van der Waals surface area contributed by atoms with Gasteiger partial charge in [-0.1, -0.05) is 23.2 Å². The smallest absolute Gasteiger partial charge is 0.269 e. The van der Waals surface area contributed by atoms with Crippen LogP contribution in [0.25, 0.3) is 0 Å². The molecule has 2 aromatic carbocycles. The average Bonchev–Trinajstić information content (AvgIpc) is 2.50. The molecule has 0 fully saturated rings. The summed E-state index contributed by atoms with van der Waals surface area (Å²) in [5, 5.41) is 17.5. The lowest BCUT2D eigenvalue weighted by Crippen LogP contribution is -2.19. The highest BCUT2D eigenvalue weighted by Crippen LogP contribution is 2.34. The maximum atomic E-state index is 10.6. The van der Waals surface area contributed by atoms with Crippen LogP contribution in [0.3, 0.4) is 0 Å². The molecule has 0 saturated carbocycles. The first-order chi connectivity index (χ1) is 10.9. The molecule has 23 heavy (non-hydrogen) atoms. The molecule has 2 N–H and O–H groups in total. The van der Waals surface area contributed by atoms with Crippen molar-refractivity contribution in [1.29, 1.82) is 0 Å². The van der Waals surface area contributed by atoms with Gasteiger partial charge in [-0.15, -0.1) is 0 Å². The summed E-state index contributed by atoms with van der Waals surface area (Å²) in [5.74, 6) is 0.455. The van der Waals surface area contributed by atoms with E-state index in [1.54, 1.807) is 24.3 Å². The number of nitro benzene ring substituents is 1. The molecular formula is C14H11Cl2N3O3S. The lowest BCUT2D eigenvalue weighted by Gasteiger charge is -2.13. The summed E-state index contributed by atoms with van der Waals surface area (Å²) in [4.78, 5) is 10.1. The highest BCUT2D eigenvalue weighted by Gasteiger charge is 2.10. The Labute approximate surface area is 147 Å². The van der Waals surface area contributed by atoms with Crippen LogP contribution in [0.4, 0.5) is 17.1 Å². The van der Waals surface area contributed by atoms with Crippen molar-refractivity contribution in [2.75, 3.05) is 17.7 Å². The van der Waals surface area contributed by atoms with E-state index in [-0.39, 0.29) is 10.8 Å². The van der Waals surface area contributed by atoms with Gasteiger partial charge in [0.2, 0.25) is 0 Å². The number of halogens is 2. The Balaban J connectivity index is 2.09. The van der Waals surface area contributed by atoms with Gasteiger partial charge in [0.15, 0.2) is 5.11 Å². The summed E-state index contributed by atoms with van der Waals surface area (Å²) in [6.45, 7) is 0. The molecule has 0 heterocycles. The van der Waals surface area contributed by atoms with E-state index in [1.165, 1.54) is 19.2 Å². The molecule has 0 unspecified atom stereocenters. The van der Waals surface area contributed by atoms with E-state index in [9.17, 15) is 10.1 Å². The molecular weight excluding hydrogens is 361 g/mol. The number of nitrogens with one attached hydrogen (secondary N) is 2. The van der Waals surface area contributed by atoms with Crippen LogP contribution < -0.4 is 15.4 Å². The molecule has 0 atom stereocenters. The number of methoxy groups -OCH3 is 1. The third kappa shape index (κ3) is 4.44. The topological polar surface area (TPSA) is 76.4 Å². The van der Waals surface area contributed by atoms with Crippen LogP contribution in [0.15, 0.2) is 36.4 Å². The van der Waals surface area contributed by atoms with Gasteiger partial charge in [0.05, 0.1) is 27.8 Å². The standard InChI is InChI=1S/C14H11Cl2N3O3S/c1-22-13-7-12(10(15)6-11(13)16)18-14(23)17-8-2-4-9(5-3-8)19(20)21/h2-7H,1H3,(H2,17,18,23). The zero-order valence-electron chi connectivity index (χ0n) is 11.8. The lowest BCUT2D eigenvalue weighted by atomic mass is 10.3. The average molecular weight is 372 g/mol. The van der Waals surface area contributed by atoms with E-state index in [2.05, 4.69) is 10.6 Å². The second-order valence-corrected chi connectivity index (χ2v) is 5.57. The third-order valence-corrected chi connectivity index (χ3v) is 3.64. The monoisotopic (exact) mass is 371 g/mol. The Morgan fingerprint density at radius 2 is 1.83 bits per heavy atom. The largest absolute Gasteiger partial charge is 0.495 e. The third-order valence-electron chi connectivity index (χ3n) is 2.83. The van der Waals surface area contributed by atoms with Crippen molar-refractivity contribution in [2.24, 2.45) is 0 Å². The zero-order chi connectivity index (χ0) is 17.0. The molecule has 6 nitrogen and oxygen atoms in total. The molecule has 120 valence electrons. The van der Waals surface area contributed by atoms with E-state index in [0.29, 0.717) is 27.2 Å². The van der Waals surface area contributed by atoms with Crippen LogP contribution in [-0.2, 0) is 0 Å². The minimum atomic E-state index is -0.472. The Kier molecular flexibility index (Phi) is 5.59. The highest BCUT2D eigenvalue weighted by molar-refractivity contribution is 7.80. The van der Waals surface area contributed by atoms with E-state index < -0.39 is 4.92 Å². The normalized spacial score (nSPS) is 10.0. The van der Waals surface area contributed by atoms with Crippen molar-refractivity contribution >= 4 is 57.6 Å². The lowest BCUT2D eigenvalue weighted by molar-refractivity contribution is -0.384. The van der Waals surface area contributed by atoms with Gasteiger partial charge in [-0.2, -0.15) is 0 Å². The molecule has 0 radical (unpaired) electrons. The fourth-order valence-corrected chi connectivity index (χ4v) is 2.47. The predicted molar refractivity (Wildman–Crippen MR) is 96.0 cm³/mol. The molecule has 0 saturated heterocycles. The predicted octanol–water partition coefficient (Wildman–Crippen LogP) is 4.72. The summed E-state index contributed by atoms with van der Waals surface area (Å²) < 4.78 is 5.12. The minimum absolute atomic E-state index is 0.0000837. The molecule has 0 aromatic heterocycles. The maximum absolute atomic E-state index is 10.6. The number of anilines is 2. The number of hydrogen-bond acceptors (Lipinski definition) is 4. The SMILES string of the molecule is COc1cc(NC(=S)Nc2ccc([N+](=O)[O-])cc2)c(Cl)cc1Cl. The summed E-state index contributed by atoms with van der Waals surface area (Å²) in [7, 11) is 1.49. The number of benzene rings is 2. The summed E-state index contributed by atoms with van der Waals surface area (Å²) >= 11 is 17.2. The van der Waals surface area contributed by atoms with Crippen molar-refractivity contribution in [3.05, 3.63) is 56.6 Å². The maximum Gasteiger partial charge on any atom is 0.269 e. The highest BCUT2D eigenvalue weighted by atomic mass is 35.5. The molecule has 2 rings (SSSR count). The van der Waals surface area contributed by atoms with E-state index >= 15 is 0 Å². The van der Waals surface area contributed by atoms with Crippen molar-refractivity contribution in [3.8, 4) is 5.75 Å². The van der Waals surface area contributed by atoms with Crippen LogP contribution in [-0.4, -0.2) is 17.1 Å². The van der Waals surface area contributed by atoms with Gasteiger partial charge in [-0.3, -0.25) is 10.1 Å². The van der Waals surface area contributed by atoms with Crippen molar-refractivity contribution in [3.63, 3.8) is 0 Å². The first kappa shape index (κ1) is 17.3. The van der Waals surface area contributed by atoms with Crippen LogP contribution in [0, 0.1) is 10.1 Å². The minimum Gasteiger partial charge on any atom is -0.495 e. The molecule has 0 amide bonds. The van der Waals surface area contributed by atoms with Crippen molar-refractivity contribution < 1.29 is 9.66 Å². The number of nitro groups is 1. The molecule has 9 heteroatoms. The first-order valence-electron chi connectivity index (χ1n) is 6.26. The fraction of sp³-hybridized carbons (Fsp3) is 0.0714. The molecule has 0 aliphatic carbocycles. The van der Waals surface area contributed by atoms with Crippen LogP contribution in [0.5, 0.6) is 5.75 Å². The number of nitrogens with zero attached hydrogens (tertiary/aromatic N) is 1. The van der Waals surface area contributed by atoms with Crippen LogP contribution in [0.1, 0.15) is 0 Å². The van der Waals surface area contributed by atoms with Gasteiger partial charge in [-0.25, -0.2) is 0 Å². The Hall–Kier alpha value is -2.09. The molecule has 0 spiro atoms. The number of non-ortho nitro benzene ring substituents is 1. The number of rotatable bonds is 4. The van der Waals surface area contributed by atoms with Gasteiger partial charge in [0.1, 0.15) is 5.75 Å². The Bertz CT molecular complexity index is 754.